The number of halogens is 1. The third kappa shape index (κ3) is 3.44. The average molecular weight is 341 g/mol. The Morgan fingerprint density at radius 3 is 2.27 bits per heavy atom. The lowest BCUT2D eigenvalue weighted by Gasteiger charge is -2.17. The summed E-state index contributed by atoms with van der Waals surface area (Å²) < 4.78 is 26.0. The molecule has 6 nitrogen and oxygen atoms in total. The topological polar surface area (TPSA) is 80.5 Å². The molecule has 0 bridgehead atoms. The molecule has 0 saturated carbocycles. The first-order valence-electron chi connectivity index (χ1n) is 6.26. The van der Waals surface area contributed by atoms with Crippen LogP contribution < -0.4 is 0 Å². The van der Waals surface area contributed by atoms with Crippen LogP contribution in [0.25, 0.3) is 0 Å². The van der Waals surface area contributed by atoms with Crippen LogP contribution in [0.1, 0.15) is 5.56 Å². The molecule has 0 radical (unpaired) electrons. The number of nitro benzene ring substituents is 1. The van der Waals surface area contributed by atoms with E-state index in [0.717, 1.165) is 16.4 Å². The predicted octanol–water partition coefficient (Wildman–Crippen LogP) is 3.07. The molecule has 0 aliphatic rings. The van der Waals surface area contributed by atoms with E-state index in [1.165, 1.54) is 19.2 Å². The molecule has 0 aliphatic heterocycles. The zero-order valence-electron chi connectivity index (χ0n) is 11.6. The highest BCUT2D eigenvalue weighted by Crippen LogP contribution is 2.22. The molecule has 0 atom stereocenters. The third-order valence-corrected chi connectivity index (χ3v) is 5.29. The van der Waals surface area contributed by atoms with Gasteiger partial charge in [0.05, 0.1) is 9.82 Å². The fourth-order valence-electron chi connectivity index (χ4n) is 1.87. The van der Waals surface area contributed by atoms with Gasteiger partial charge < -0.3 is 0 Å². The lowest BCUT2D eigenvalue weighted by Crippen LogP contribution is -2.26. The van der Waals surface area contributed by atoms with E-state index in [0.29, 0.717) is 10.6 Å². The molecular weight excluding hydrogens is 328 g/mol. The van der Waals surface area contributed by atoms with E-state index in [2.05, 4.69) is 0 Å². The summed E-state index contributed by atoms with van der Waals surface area (Å²) in [6.07, 6.45) is 0. The van der Waals surface area contributed by atoms with Crippen molar-refractivity contribution in [3.05, 3.63) is 69.2 Å². The highest BCUT2D eigenvalue weighted by molar-refractivity contribution is 7.89. The minimum absolute atomic E-state index is 0.00680. The van der Waals surface area contributed by atoms with Gasteiger partial charge in [0.15, 0.2) is 0 Å². The molecular formula is C14H13ClN2O4S. The van der Waals surface area contributed by atoms with Crippen molar-refractivity contribution in [1.82, 2.24) is 4.31 Å². The van der Waals surface area contributed by atoms with Gasteiger partial charge in [0, 0.05) is 30.7 Å². The Labute approximate surface area is 133 Å². The van der Waals surface area contributed by atoms with Crippen LogP contribution >= 0.6 is 11.6 Å². The molecule has 0 amide bonds. The first-order valence-corrected chi connectivity index (χ1v) is 8.08. The van der Waals surface area contributed by atoms with Crippen molar-refractivity contribution in [3.8, 4) is 0 Å². The van der Waals surface area contributed by atoms with Crippen LogP contribution in [-0.4, -0.2) is 24.7 Å². The van der Waals surface area contributed by atoms with Crippen LogP contribution in [0, 0.1) is 10.1 Å². The molecule has 0 spiro atoms. The molecule has 116 valence electrons. The summed E-state index contributed by atoms with van der Waals surface area (Å²) in [5.74, 6) is 0. The Morgan fingerprint density at radius 2 is 1.73 bits per heavy atom. The van der Waals surface area contributed by atoms with Crippen molar-refractivity contribution < 1.29 is 13.3 Å². The van der Waals surface area contributed by atoms with E-state index in [9.17, 15) is 18.5 Å². The van der Waals surface area contributed by atoms with Crippen LogP contribution in [0.5, 0.6) is 0 Å². The second-order valence-electron chi connectivity index (χ2n) is 4.60. The lowest BCUT2D eigenvalue weighted by molar-refractivity contribution is -0.384. The van der Waals surface area contributed by atoms with Gasteiger partial charge in [0.1, 0.15) is 0 Å². The number of sulfonamides is 1. The Morgan fingerprint density at radius 1 is 1.14 bits per heavy atom. The molecule has 0 heterocycles. The van der Waals surface area contributed by atoms with Crippen molar-refractivity contribution >= 4 is 27.3 Å². The number of hydrogen-bond acceptors (Lipinski definition) is 4. The molecule has 2 rings (SSSR count). The number of rotatable bonds is 5. The first kappa shape index (κ1) is 16.4. The summed E-state index contributed by atoms with van der Waals surface area (Å²) in [6, 6.07) is 11.7. The van der Waals surface area contributed by atoms with E-state index in [-0.39, 0.29) is 17.1 Å². The molecule has 0 aliphatic carbocycles. The van der Waals surface area contributed by atoms with E-state index in [1.54, 1.807) is 24.3 Å². The second kappa shape index (κ2) is 6.43. The summed E-state index contributed by atoms with van der Waals surface area (Å²) in [7, 11) is -2.31. The minimum atomic E-state index is -3.74. The van der Waals surface area contributed by atoms with Crippen molar-refractivity contribution in [2.75, 3.05) is 7.05 Å². The average Bonchev–Trinajstić information content (AvgIpc) is 2.49. The van der Waals surface area contributed by atoms with Crippen molar-refractivity contribution in [1.29, 1.82) is 0 Å². The van der Waals surface area contributed by atoms with Crippen LogP contribution in [-0.2, 0) is 16.6 Å². The van der Waals surface area contributed by atoms with Gasteiger partial charge in [0.2, 0.25) is 10.0 Å². The molecule has 0 unspecified atom stereocenters. The van der Waals surface area contributed by atoms with Gasteiger partial charge in [-0.15, -0.1) is 0 Å². The van der Waals surface area contributed by atoms with Gasteiger partial charge in [-0.05, 0) is 23.8 Å². The molecule has 0 aromatic heterocycles. The third-order valence-electron chi connectivity index (χ3n) is 3.11. The van der Waals surface area contributed by atoms with Gasteiger partial charge in [-0.3, -0.25) is 10.1 Å². The maximum absolute atomic E-state index is 12.4. The fraction of sp³-hybridized carbons (Fsp3) is 0.143. The molecule has 22 heavy (non-hydrogen) atoms. The maximum atomic E-state index is 12.4. The molecule has 0 fully saturated rings. The number of hydrogen-bond donors (Lipinski definition) is 0. The van der Waals surface area contributed by atoms with Crippen LogP contribution in [0.15, 0.2) is 53.4 Å². The zero-order chi connectivity index (χ0) is 16.3. The molecule has 2 aromatic carbocycles. The van der Waals surface area contributed by atoms with E-state index < -0.39 is 14.9 Å². The van der Waals surface area contributed by atoms with Gasteiger partial charge in [-0.2, -0.15) is 4.31 Å². The second-order valence-corrected chi connectivity index (χ2v) is 7.06. The smallest absolute Gasteiger partial charge is 0.258 e. The minimum Gasteiger partial charge on any atom is -0.258 e. The normalized spacial score (nSPS) is 11.6. The highest BCUT2D eigenvalue weighted by atomic mass is 35.5. The van der Waals surface area contributed by atoms with Crippen LogP contribution in [0.3, 0.4) is 0 Å². The number of benzene rings is 2. The van der Waals surface area contributed by atoms with Gasteiger partial charge in [-0.1, -0.05) is 29.8 Å². The Balaban J connectivity index is 2.26. The monoisotopic (exact) mass is 340 g/mol. The fourth-order valence-corrected chi connectivity index (χ4v) is 3.22. The van der Waals surface area contributed by atoms with E-state index >= 15 is 0 Å². The Kier molecular flexibility index (Phi) is 4.80. The summed E-state index contributed by atoms with van der Waals surface area (Å²) in [6.45, 7) is 0.110. The Bertz CT molecular complexity index is 791. The quantitative estimate of drug-likeness (QED) is 0.618. The molecule has 8 heteroatoms. The van der Waals surface area contributed by atoms with Crippen molar-refractivity contribution in [3.63, 3.8) is 0 Å². The van der Waals surface area contributed by atoms with Crippen molar-refractivity contribution in [2.45, 2.75) is 11.4 Å². The standard InChI is InChI=1S/C14H13ClN2O4S/c1-16(10-11-4-2-3-5-14(11)15)22(20,21)13-8-6-12(7-9-13)17(18)19/h2-9H,10H2,1H3. The number of nitro groups is 1. The largest absolute Gasteiger partial charge is 0.269 e. The van der Waals surface area contributed by atoms with E-state index in [1.807, 2.05) is 0 Å². The first-order chi connectivity index (χ1) is 10.3. The van der Waals surface area contributed by atoms with Gasteiger partial charge in [-0.25, -0.2) is 8.42 Å². The molecule has 2 aromatic rings. The maximum Gasteiger partial charge on any atom is 0.269 e. The van der Waals surface area contributed by atoms with Crippen LogP contribution in [0.4, 0.5) is 5.69 Å². The summed E-state index contributed by atoms with van der Waals surface area (Å²) in [5, 5.41) is 11.1. The zero-order valence-corrected chi connectivity index (χ0v) is 13.2. The summed E-state index contributed by atoms with van der Waals surface area (Å²) in [5.41, 5.74) is 0.518. The van der Waals surface area contributed by atoms with Gasteiger partial charge in [0.25, 0.3) is 5.69 Å². The summed E-state index contributed by atoms with van der Waals surface area (Å²) in [4.78, 5) is 10.0. The highest BCUT2D eigenvalue weighted by Gasteiger charge is 2.22. The number of non-ortho nitro benzene ring substituents is 1. The van der Waals surface area contributed by atoms with Crippen LogP contribution in [0.2, 0.25) is 5.02 Å². The Hall–Kier alpha value is -1.96. The van der Waals surface area contributed by atoms with Crippen molar-refractivity contribution in [2.24, 2.45) is 0 Å². The summed E-state index contributed by atoms with van der Waals surface area (Å²) >= 11 is 6.02. The predicted molar refractivity (Wildman–Crippen MR) is 83.2 cm³/mol. The molecule has 0 N–H and O–H groups in total. The van der Waals surface area contributed by atoms with E-state index in [4.69, 9.17) is 11.6 Å². The number of nitrogens with zero attached hydrogens (tertiary/aromatic N) is 2. The lowest BCUT2D eigenvalue weighted by atomic mass is 10.2. The van der Waals surface area contributed by atoms with Gasteiger partial charge >= 0.3 is 0 Å². The SMILES string of the molecule is CN(Cc1ccccc1Cl)S(=O)(=O)c1ccc([N+](=O)[O-])cc1. The molecule has 0 saturated heterocycles.